The van der Waals surface area contributed by atoms with Crippen LogP contribution >= 0.6 is 0 Å². The van der Waals surface area contributed by atoms with Gasteiger partial charge in [-0.05, 0) is 56.9 Å². The average molecular weight is 794 g/mol. The molecule has 1 aliphatic heterocycles. The molecule has 1 heterocycles. The number of alkyl carbamates (subject to hydrolysis) is 1. The molecule has 1 amide bonds. The van der Waals surface area contributed by atoms with Gasteiger partial charge in [0.15, 0.2) is 17.5 Å². The van der Waals surface area contributed by atoms with Gasteiger partial charge in [0.2, 0.25) is 0 Å². The summed E-state index contributed by atoms with van der Waals surface area (Å²) in [7, 11) is 0. The number of fused-ring (bicyclic) bond motifs is 5. The number of ether oxygens (including phenoxy) is 5. The predicted molar refractivity (Wildman–Crippen MR) is 203 cm³/mol. The highest BCUT2D eigenvalue weighted by Crippen LogP contribution is 2.65. The first-order valence-corrected chi connectivity index (χ1v) is 19.3. The van der Waals surface area contributed by atoms with E-state index in [0.29, 0.717) is 11.1 Å². The standard InChI is InChI=1S/C43H55NO13/c1-23-29(55-36(50)34(48)32(26-17-13-10-14-18-26)44-38(51)57-39(3,4)5)20-42(52)37(54-21-25-15-11-9-12-16-25)43(56-24(2)45)27-22-53-28(27)19-30(46)41(43,8)35(49)33(47)31(23)40(42,6)7/h9-18,27-30,32-34,37,46-48,52H,19-22H2,1-8H3,(H,44,51)/t27-,28-,29+,30+,32+,33-,34-,37-,41+,42-,43-/m1/s1. The molecule has 14 heteroatoms. The fourth-order valence-electron chi connectivity index (χ4n) is 9.64. The van der Waals surface area contributed by atoms with Crippen molar-refractivity contribution >= 4 is 23.8 Å². The molecule has 4 aliphatic rings. The molecule has 6 rings (SSSR count). The van der Waals surface area contributed by atoms with Gasteiger partial charge in [-0.2, -0.15) is 0 Å². The first kappa shape index (κ1) is 42.4. The molecule has 11 atom stereocenters. The minimum atomic E-state index is -2.21. The summed E-state index contributed by atoms with van der Waals surface area (Å²) < 4.78 is 30.4. The second kappa shape index (κ2) is 15.2. The Balaban J connectivity index is 1.49. The Bertz CT molecular complexity index is 1890. The van der Waals surface area contributed by atoms with E-state index in [2.05, 4.69) is 5.32 Å². The molecule has 0 unspecified atom stereocenters. The van der Waals surface area contributed by atoms with Crippen molar-refractivity contribution in [2.45, 2.75) is 134 Å². The number of nitrogens with one attached hydrogen (secondary N) is 1. The summed E-state index contributed by atoms with van der Waals surface area (Å²) in [4.78, 5) is 55.4. The van der Waals surface area contributed by atoms with Crippen molar-refractivity contribution in [2.24, 2.45) is 16.7 Å². The van der Waals surface area contributed by atoms with Crippen LogP contribution in [-0.2, 0) is 44.7 Å². The van der Waals surface area contributed by atoms with Crippen LogP contribution in [0.1, 0.15) is 85.4 Å². The second-order valence-corrected chi connectivity index (χ2v) is 17.5. The lowest BCUT2D eigenvalue weighted by molar-refractivity contribution is -0.353. The van der Waals surface area contributed by atoms with Gasteiger partial charge in [0.25, 0.3) is 0 Å². The molecular formula is C43H55NO13. The molecule has 0 spiro atoms. The fourth-order valence-corrected chi connectivity index (χ4v) is 9.64. The molecule has 2 aromatic carbocycles. The summed E-state index contributed by atoms with van der Waals surface area (Å²) >= 11 is 0. The molecule has 1 saturated heterocycles. The summed E-state index contributed by atoms with van der Waals surface area (Å²) in [6.07, 6.45) is -10.5. The number of carbonyl (C=O) groups is 4. The number of benzene rings is 2. The summed E-state index contributed by atoms with van der Waals surface area (Å²) in [6.45, 7) is 12.3. The van der Waals surface area contributed by atoms with Gasteiger partial charge in [-0.25, -0.2) is 9.59 Å². The molecule has 0 radical (unpaired) electrons. The van der Waals surface area contributed by atoms with E-state index in [1.807, 2.05) is 6.07 Å². The van der Waals surface area contributed by atoms with Crippen molar-refractivity contribution in [3.63, 3.8) is 0 Å². The average Bonchev–Trinajstić information content (AvgIpc) is 3.12. The predicted octanol–water partition coefficient (Wildman–Crippen LogP) is 3.62. The molecule has 3 fully saturated rings. The van der Waals surface area contributed by atoms with E-state index in [9.17, 15) is 34.8 Å². The zero-order valence-electron chi connectivity index (χ0n) is 33.7. The second-order valence-electron chi connectivity index (χ2n) is 17.5. The third-order valence-corrected chi connectivity index (χ3v) is 12.7. The number of amides is 1. The highest BCUT2D eigenvalue weighted by molar-refractivity contribution is 5.94. The van der Waals surface area contributed by atoms with Crippen LogP contribution in [0.3, 0.4) is 0 Å². The van der Waals surface area contributed by atoms with Crippen LogP contribution < -0.4 is 5.32 Å². The molecule has 2 aromatic rings. The van der Waals surface area contributed by atoms with Crippen LogP contribution in [0.25, 0.3) is 0 Å². The van der Waals surface area contributed by atoms with Gasteiger partial charge in [0.05, 0.1) is 42.8 Å². The van der Waals surface area contributed by atoms with E-state index in [0.717, 1.165) is 6.92 Å². The Kier molecular flexibility index (Phi) is 11.3. The van der Waals surface area contributed by atoms with Gasteiger partial charge < -0.3 is 49.4 Å². The number of Topliss-reactive ketones (excluding diaryl/α,β-unsaturated/α-hetero) is 1. The van der Waals surface area contributed by atoms with E-state index >= 15 is 4.79 Å². The maximum absolute atomic E-state index is 15.1. The van der Waals surface area contributed by atoms with Crippen molar-refractivity contribution < 1.29 is 63.3 Å². The lowest BCUT2D eigenvalue weighted by Crippen LogP contribution is -2.84. The highest BCUT2D eigenvalue weighted by atomic mass is 16.6. The SMILES string of the molecule is CC(=O)O[C@@]12[C@@H]3CO[C@@H]3C[C@H](O)[C@@]1(C)C(=O)[C@H](O)C1=C(C)[C@@H](OC(=O)[C@H](O)[C@@H](NC(=O)OC(C)(C)C)c3ccccc3)C[C@@](O)([C@H]2OCc2ccccc2)C1(C)C. The topological polar surface area (TPSA) is 207 Å². The van der Waals surface area contributed by atoms with E-state index < -0.39 is 106 Å². The Labute approximate surface area is 332 Å². The molecule has 310 valence electrons. The maximum atomic E-state index is 15.1. The van der Waals surface area contributed by atoms with Crippen LogP contribution in [0.4, 0.5) is 4.79 Å². The third kappa shape index (κ3) is 7.08. The number of rotatable bonds is 9. The number of esters is 2. The van der Waals surface area contributed by atoms with Crippen molar-refractivity contribution in [1.29, 1.82) is 0 Å². The van der Waals surface area contributed by atoms with E-state index in [1.54, 1.807) is 96.1 Å². The quantitative estimate of drug-likeness (QED) is 0.140. The fraction of sp³-hybridized carbons (Fsp3) is 0.581. The minimum Gasteiger partial charge on any atom is -0.456 e. The zero-order valence-corrected chi connectivity index (χ0v) is 33.7. The highest BCUT2D eigenvalue weighted by Gasteiger charge is 2.80. The molecule has 14 nitrogen and oxygen atoms in total. The number of hydrogen-bond donors (Lipinski definition) is 5. The van der Waals surface area contributed by atoms with Crippen molar-refractivity contribution in [3.8, 4) is 0 Å². The van der Waals surface area contributed by atoms with Gasteiger partial charge >= 0.3 is 18.0 Å². The lowest BCUT2D eigenvalue weighted by atomic mass is 9.43. The van der Waals surface area contributed by atoms with Crippen LogP contribution in [0.5, 0.6) is 0 Å². The lowest BCUT2D eigenvalue weighted by Gasteiger charge is -2.69. The molecule has 2 saturated carbocycles. The molecule has 0 aromatic heterocycles. The summed E-state index contributed by atoms with van der Waals surface area (Å²) in [5.41, 5.74) is -7.49. The molecule has 2 bridgehead atoms. The van der Waals surface area contributed by atoms with Crippen LogP contribution in [0, 0.1) is 16.7 Å². The summed E-state index contributed by atoms with van der Waals surface area (Å²) in [6, 6.07) is 15.9. The molecular weight excluding hydrogens is 738 g/mol. The van der Waals surface area contributed by atoms with Crippen LogP contribution in [-0.4, -0.2) is 104 Å². The maximum Gasteiger partial charge on any atom is 0.408 e. The number of hydrogen-bond acceptors (Lipinski definition) is 13. The smallest absolute Gasteiger partial charge is 0.408 e. The summed E-state index contributed by atoms with van der Waals surface area (Å²) in [5.74, 6) is -3.66. The Hall–Kier alpha value is -4.18. The van der Waals surface area contributed by atoms with Crippen molar-refractivity contribution in [1.82, 2.24) is 5.32 Å². The Morgan fingerprint density at radius 2 is 1.61 bits per heavy atom. The largest absolute Gasteiger partial charge is 0.456 e. The number of carbonyl (C=O) groups excluding carboxylic acids is 4. The number of ketones is 1. The van der Waals surface area contributed by atoms with Gasteiger partial charge in [0.1, 0.15) is 29.5 Å². The molecule has 3 aliphatic carbocycles. The molecule has 5 N–H and O–H groups in total. The Morgan fingerprint density at radius 3 is 2.18 bits per heavy atom. The monoisotopic (exact) mass is 793 g/mol. The first-order valence-electron chi connectivity index (χ1n) is 19.3. The number of aliphatic hydroxyl groups is 4. The third-order valence-electron chi connectivity index (χ3n) is 12.7. The first-order chi connectivity index (χ1) is 26.6. The van der Waals surface area contributed by atoms with E-state index in [1.165, 1.54) is 6.92 Å². The number of aliphatic hydroxyl groups excluding tert-OH is 3. The van der Waals surface area contributed by atoms with E-state index in [4.69, 9.17) is 23.7 Å². The van der Waals surface area contributed by atoms with E-state index in [-0.39, 0.29) is 30.8 Å². The Morgan fingerprint density at radius 1 is 1.00 bits per heavy atom. The normalized spacial score (nSPS) is 34.2. The zero-order chi connectivity index (χ0) is 41.9. The van der Waals surface area contributed by atoms with Gasteiger partial charge in [0, 0.05) is 25.2 Å². The van der Waals surface area contributed by atoms with Crippen LogP contribution in [0.15, 0.2) is 71.8 Å². The van der Waals surface area contributed by atoms with Crippen molar-refractivity contribution in [2.75, 3.05) is 6.61 Å². The molecule has 57 heavy (non-hydrogen) atoms. The van der Waals surface area contributed by atoms with Gasteiger partial charge in [-0.1, -0.05) is 74.5 Å². The van der Waals surface area contributed by atoms with Crippen LogP contribution in [0.2, 0.25) is 0 Å². The minimum absolute atomic E-state index is 0.00800. The summed E-state index contributed by atoms with van der Waals surface area (Å²) in [5, 5.41) is 51.9. The van der Waals surface area contributed by atoms with Gasteiger partial charge in [-0.15, -0.1) is 0 Å². The van der Waals surface area contributed by atoms with Gasteiger partial charge in [-0.3, -0.25) is 9.59 Å². The van der Waals surface area contributed by atoms with Crippen molar-refractivity contribution in [3.05, 3.63) is 82.9 Å².